The van der Waals surface area contributed by atoms with Crippen LogP contribution in [0.5, 0.6) is 0 Å². The Hall–Kier alpha value is -0.130. The summed E-state index contributed by atoms with van der Waals surface area (Å²) in [5, 5.41) is 0.650. The van der Waals surface area contributed by atoms with E-state index in [4.69, 9.17) is 12.6 Å². The van der Waals surface area contributed by atoms with Crippen LogP contribution in [0, 0.1) is 58.2 Å². The van der Waals surface area contributed by atoms with Gasteiger partial charge in [-0.1, -0.05) is 60.5 Å². The van der Waals surface area contributed by atoms with Gasteiger partial charge in [-0.05, 0) is 122 Å². The van der Waals surface area contributed by atoms with Gasteiger partial charge in [-0.2, -0.15) is 12.6 Å². The van der Waals surface area contributed by atoms with Crippen LogP contribution in [0.4, 0.5) is 0 Å². The Kier molecular flexibility index (Phi) is 7.41. The fraction of sp³-hybridized carbons (Fsp3) is 0.903. The predicted octanol–water partition coefficient (Wildman–Crippen LogP) is 9.36. The lowest BCUT2D eigenvalue weighted by Crippen LogP contribution is -2.57. The highest BCUT2D eigenvalue weighted by molar-refractivity contribution is 7.81. The van der Waals surface area contributed by atoms with E-state index >= 15 is 0 Å². The van der Waals surface area contributed by atoms with Crippen molar-refractivity contribution in [2.45, 2.75) is 117 Å². The summed E-state index contributed by atoms with van der Waals surface area (Å²) in [4.78, 5) is 0. The first kappa shape index (κ1) is 25.0. The number of hydrogen-bond acceptors (Lipinski definition) is 1. The van der Waals surface area contributed by atoms with E-state index in [2.05, 4.69) is 53.9 Å². The minimum Gasteiger partial charge on any atom is -0.176 e. The van der Waals surface area contributed by atoms with Crippen LogP contribution in [0.15, 0.2) is 17.9 Å². The summed E-state index contributed by atoms with van der Waals surface area (Å²) in [6.07, 6.45) is 15.8. The molecule has 4 fully saturated rings. The van der Waals surface area contributed by atoms with Gasteiger partial charge in [0.1, 0.15) is 0 Å². The summed E-state index contributed by atoms with van der Waals surface area (Å²) in [5.74, 6) is 7.05. The van der Waals surface area contributed by atoms with Crippen molar-refractivity contribution in [1.82, 2.24) is 0 Å². The van der Waals surface area contributed by atoms with Crippen molar-refractivity contribution < 1.29 is 0 Å². The van der Waals surface area contributed by atoms with Crippen LogP contribution >= 0.6 is 12.6 Å². The molecule has 1 heteroatoms. The van der Waals surface area contributed by atoms with E-state index in [0.717, 1.165) is 41.4 Å². The number of hydrogen-bond donors (Lipinski definition) is 1. The summed E-state index contributed by atoms with van der Waals surface area (Å²) >= 11 is 5.36. The minimum atomic E-state index is 0.565. The fourth-order valence-electron chi connectivity index (χ4n) is 9.75. The van der Waals surface area contributed by atoms with Gasteiger partial charge in [-0.25, -0.2) is 0 Å². The van der Waals surface area contributed by atoms with Crippen molar-refractivity contribution in [2.75, 3.05) is 0 Å². The van der Waals surface area contributed by atoms with Crippen LogP contribution in [0.2, 0.25) is 0 Å². The first-order valence-corrected chi connectivity index (χ1v) is 14.7. The summed E-state index contributed by atoms with van der Waals surface area (Å²) in [6.45, 7) is 18.9. The Balaban J connectivity index is 1.44. The quantitative estimate of drug-likeness (QED) is 0.298. The molecule has 0 aromatic heterocycles. The molecule has 0 aromatic carbocycles. The molecule has 4 aliphatic rings. The van der Waals surface area contributed by atoms with Gasteiger partial charge in [0, 0.05) is 5.25 Å². The first-order valence-electron chi connectivity index (χ1n) is 14.2. The molecule has 182 valence electrons. The second kappa shape index (κ2) is 9.49. The molecule has 0 amide bonds. The Labute approximate surface area is 205 Å². The van der Waals surface area contributed by atoms with Gasteiger partial charge in [0.25, 0.3) is 0 Å². The lowest BCUT2D eigenvalue weighted by atomic mass is 9.44. The molecule has 11 atom stereocenters. The van der Waals surface area contributed by atoms with E-state index in [9.17, 15) is 0 Å². The van der Waals surface area contributed by atoms with Crippen LogP contribution in [-0.4, -0.2) is 5.25 Å². The lowest BCUT2D eigenvalue weighted by molar-refractivity contribution is -0.116. The molecular formula is C31H52S. The highest BCUT2D eigenvalue weighted by Gasteiger charge is 2.62. The van der Waals surface area contributed by atoms with Crippen LogP contribution < -0.4 is 0 Å². The van der Waals surface area contributed by atoms with Crippen LogP contribution in [0.1, 0.15) is 112 Å². The molecule has 32 heavy (non-hydrogen) atoms. The monoisotopic (exact) mass is 456 g/mol. The minimum absolute atomic E-state index is 0.565. The molecular weight excluding hydrogens is 404 g/mol. The van der Waals surface area contributed by atoms with Crippen LogP contribution in [0.3, 0.4) is 0 Å². The van der Waals surface area contributed by atoms with Crippen molar-refractivity contribution in [3.8, 4) is 0 Å². The number of rotatable bonds is 6. The topological polar surface area (TPSA) is 0 Å². The Morgan fingerprint density at radius 1 is 1.00 bits per heavy atom. The van der Waals surface area contributed by atoms with Gasteiger partial charge in [-0.15, -0.1) is 5.73 Å². The normalized spacial score (nSPS) is 47.5. The standard InChI is InChI=1S/C31H52S/c1-8-21(3)22(4)10-9-11-23(5)25-12-13-26-29-27(15-17-31(25,26)7)30(6)16-14-20(2)18-24(30)19-28(29)32/h20,22-29,32H,1,9-19H2,2-7H3. The van der Waals surface area contributed by atoms with Crippen molar-refractivity contribution in [2.24, 2.45) is 58.2 Å². The Bertz CT molecular complexity index is 718. The number of allylic oxidation sites excluding steroid dienone is 1. The van der Waals surface area contributed by atoms with E-state index in [-0.39, 0.29) is 0 Å². The predicted molar refractivity (Wildman–Crippen MR) is 143 cm³/mol. The third-order valence-electron chi connectivity index (χ3n) is 12.0. The maximum absolute atomic E-state index is 5.36. The number of fused-ring (bicyclic) bond motifs is 5. The molecule has 0 radical (unpaired) electrons. The highest BCUT2D eigenvalue weighted by atomic mass is 32.1. The number of thiol groups is 1. The molecule has 0 heterocycles. The summed E-state index contributed by atoms with van der Waals surface area (Å²) in [7, 11) is 0. The maximum atomic E-state index is 5.36. The van der Waals surface area contributed by atoms with E-state index in [1.807, 2.05) is 0 Å². The second-order valence-corrected chi connectivity index (χ2v) is 14.2. The van der Waals surface area contributed by atoms with E-state index < -0.39 is 0 Å². The summed E-state index contributed by atoms with van der Waals surface area (Å²) in [6, 6.07) is 0. The zero-order valence-corrected chi connectivity index (χ0v) is 23.0. The molecule has 0 N–H and O–H groups in total. The molecule has 0 spiro atoms. The van der Waals surface area contributed by atoms with E-state index in [1.165, 1.54) is 76.2 Å². The van der Waals surface area contributed by atoms with E-state index in [1.54, 1.807) is 0 Å². The summed E-state index contributed by atoms with van der Waals surface area (Å²) in [5.41, 5.74) is 5.62. The first-order chi connectivity index (χ1) is 15.1. The maximum Gasteiger partial charge on any atom is 0.00536 e. The summed E-state index contributed by atoms with van der Waals surface area (Å²) < 4.78 is 0. The van der Waals surface area contributed by atoms with Crippen molar-refractivity contribution in [1.29, 1.82) is 0 Å². The van der Waals surface area contributed by atoms with Gasteiger partial charge in [0.05, 0.1) is 0 Å². The molecule has 0 nitrogen and oxygen atoms in total. The van der Waals surface area contributed by atoms with Crippen LogP contribution in [-0.2, 0) is 0 Å². The highest BCUT2D eigenvalue weighted by Crippen LogP contribution is 2.69. The molecule has 0 aliphatic heterocycles. The fourth-order valence-corrected chi connectivity index (χ4v) is 10.4. The average molecular weight is 457 g/mol. The molecule has 4 saturated carbocycles. The van der Waals surface area contributed by atoms with Crippen molar-refractivity contribution in [3.05, 3.63) is 17.9 Å². The second-order valence-electron chi connectivity index (χ2n) is 13.6. The zero-order valence-electron chi connectivity index (χ0n) is 22.1. The van der Waals surface area contributed by atoms with Gasteiger partial charge < -0.3 is 0 Å². The molecule has 0 saturated heterocycles. The third-order valence-corrected chi connectivity index (χ3v) is 12.6. The molecule has 11 unspecified atom stereocenters. The SMILES string of the molecule is C=C=C(C)C(C)CCCC(C)C1CCC2C3C(S)CC4CC(C)CCC4(C)C3CCC12C. The molecule has 4 aliphatic carbocycles. The van der Waals surface area contributed by atoms with E-state index in [0.29, 0.717) is 22.0 Å². The Morgan fingerprint density at radius 2 is 1.69 bits per heavy atom. The average Bonchev–Trinajstić information content (AvgIpc) is 3.11. The van der Waals surface area contributed by atoms with Gasteiger partial charge in [0.15, 0.2) is 0 Å². The van der Waals surface area contributed by atoms with Crippen LogP contribution in [0.25, 0.3) is 0 Å². The molecule has 0 aromatic rings. The smallest absolute Gasteiger partial charge is 0.00536 e. The molecule has 4 rings (SSSR count). The van der Waals surface area contributed by atoms with Gasteiger partial charge in [0.2, 0.25) is 0 Å². The van der Waals surface area contributed by atoms with Gasteiger partial charge >= 0.3 is 0 Å². The largest absolute Gasteiger partial charge is 0.176 e. The molecule has 0 bridgehead atoms. The van der Waals surface area contributed by atoms with Crippen molar-refractivity contribution >= 4 is 12.6 Å². The lowest BCUT2D eigenvalue weighted by Gasteiger charge is -2.63. The van der Waals surface area contributed by atoms with Crippen molar-refractivity contribution in [3.63, 3.8) is 0 Å². The Morgan fingerprint density at radius 3 is 2.41 bits per heavy atom. The van der Waals surface area contributed by atoms with Gasteiger partial charge in [-0.3, -0.25) is 0 Å². The third kappa shape index (κ3) is 4.21. The zero-order chi connectivity index (χ0) is 23.3.